The number of benzene rings is 1. The molecule has 2 aliphatic rings. The number of aromatic nitrogens is 2. The van der Waals surface area contributed by atoms with Crippen molar-refractivity contribution in [2.75, 3.05) is 25.1 Å². The Kier molecular flexibility index (Phi) is 5.90. The maximum atomic E-state index is 10.8. The number of aliphatic hydroxyl groups is 1. The fourth-order valence-corrected chi connectivity index (χ4v) is 4.77. The molecule has 1 aliphatic heterocycles. The van der Waals surface area contributed by atoms with Crippen LogP contribution in [0.2, 0.25) is 0 Å². The molecule has 0 radical (unpaired) electrons. The largest absolute Gasteiger partial charge is 0.493 e. The van der Waals surface area contributed by atoms with Crippen molar-refractivity contribution in [2.24, 2.45) is 11.8 Å². The molecule has 0 amide bonds. The standard InChI is InChI=1S/C23H31N3O3/c1-4-7-16-12-24-15(2)25-23(16)26-13-17-10-19(27)22(11-18(17)14-26)29-21-9-6-5-8-20(21)28-3/h5-6,8-9,12,17-19,22,27H,4,7,10-11,13-14H2,1-3H3/t17-,18+,19+,22+/m0/s1. The third kappa shape index (κ3) is 4.17. The first-order valence-electron chi connectivity index (χ1n) is 10.6. The summed E-state index contributed by atoms with van der Waals surface area (Å²) in [6.07, 6.45) is 4.96. The van der Waals surface area contributed by atoms with E-state index in [9.17, 15) is 5.11 Å². The van der Waals surface area contributed by atoms with E-state index in [1.54, 1.807) is 7.11 Å². The Bertz CT molecular complexity index is 844. The van der Waals surface area contributed by atoms with E-state index in [0.29, 0.717) is 23.3 Å². The number of aryl methyl sites for hydroxylation is 2. The Morgan fingerprint density at radius 3 is 2.59 bits per heavy atom. The Morgan fingerprint density at radius 1 is 1.14 bits per heavy atom. The van der Waals surface area contributed by atoms with Crippen molar-refractivity contribution < 1.29 is 14.6 Å². The summed E-state index contributed by atoms with van der Waals surface area (Å²) in [6, 6.07) is 7.64. The van der Waals surface area contributed by atoms with Gasteiger partial charge in [0.25, 0.3) is 0 Å². The lowest BCUT2D eigenvalue weighted by molar-refractivity contribution is -0.0240. The Labute approximate surface area is 172 Å². The second-order valence-corrected chi connectivity index (χ2v) is 8.29. The van der Waals surface area contributed by atoms with Gasteiger partial charge in [-0.3, -0.25) is 0 Å². The summed E-state index contributed by atoms with van der Waals surface area (Å²) in [4.78, 5) is 11.6. The molecule has 1 N–H and O–H groups in total. The van der Waals surface area contributed by atoms with E-state index in [-0.39, 0.29) is 6.10 Å². The predicted octanol–water partition coefficient (Wildman–Crippen LogP) is 3.40. The first-order chi connectivity index (χ1) is 14.1. The van der Waals surface area contributed by atoms with Gasteiger partial charge in [0.15, 0.2) is 11.5 Å². The van der Waals surface area contributed by atoms with Gasteiger partial charge in [-0.25, -0.2) is 9.97 Å². The number of methoxy groups -OCH3 is 1. The van der Waals surface area contributed by atoms with Gasteiger partial charge in [0.1, 0.15) is 17.7 Å². The molecule has 0 bridgehead atoms. The minimum Gasteiger partial charge on any atom is -0.493 e. The van der Waals surface area contributed by atoms with Crippen molar-refractivity contribution in [3.8, 4) is 11.5 Å². The summed E-state index contributed by atoms with van der Waals surface area (Å²) in [5.41, 5.74) is 1.22. The maximum Gasteiger partial charge on any atom is 0.161 e. The van der Waals surface area contributed by atoms with Gasteiger partial charge in [0.05, 0.1) is 13.2 Å². The number of fused-ring (bicyclic) bond motifs is 1. The van der Waals surface area contributed by atoms with Crippen LogP contribution in [-0.2, 0) is 6.42 Å². The summed E-state index contributed by atoms with van der Waals surface area (Å²) in [7, 11) is 1.64. The minimum absolute atomic E-state index is 0.213. The fraction of sp³-hybridized carbons (Fsp3) is 0.565. The molecule has 2 aromatic rings. The Hall–Kier alpha value is -2.34. The van der Waals surface area contributed by atoms with E-state index in [1.807, 2.05) is 37.4 Å². The smallest absolute Gasteiger partial charge is 0.161 e. The molecule has 156 valence electrons. The molecule has 2 heterocycles. The molecule has 29 heavy (non-hydrogen) atoms. The molecule has 0 unspecified atom stereocenters. The SMILES string of the molecule is CCCc1cnc(C)nc1N1C[C@H]2C[C@@H](Oc3ccccc3OC)[C@H](O)C[C@H]2C1. The van der Waals surface area contributed by atoms with E-state index >= 15 is 0 Å². The van der Waals surface area contributed by atoms with Gasteiger partial charge in [-0.1, -0.05) is 25.5 Å². The van der Waals surface area contributed by atoms with Crippen molar-refractivity contribution in [1.82, 2.24) is 9.97 Å². The van der Waals surface area contributed by atoms with Crippen molar-refractivity contribution in [3.05, 3.63) is 41.9 Å². The third-order valence-electron chi connectivity index (χ3n) is 6.21. The molecular weight excluding hydrogens is 366 g/mol. The van der Waals surface area contributed by atoms with E-state index in [4.69, 9.17) is 14.5 Å². The lowest BCUT2D eigenvalue weighted by atomic mass is 9.78. The molecule has 1 aromatic heterocycles. The number of para-hydroxylation sites is 2. The molecule has 1 aromatic carbocycles. The van der Waals surface area contributed by atoms with Gasteiger partial charge in [-0.15, -0.1) is 0 Å². The molecule has 4 atom stereocenters. The summed E-state index contributed by atoms with van der Waals surface area (Å²) >= 11 is 0. The highest BCUT2D eigenvalue weighted by molar-refractivity contribution is 5.48. The van der Waals surface area contributed by atoms with Gasteiger partial charge < -0.3 is 19.5 Å². The first-order valence-corrected chi connectivity index (χ1v) is 10.6. The molecule has 6 heteroatoms. The predicted molar refractivity (Wildman–Crippen MR) is 113 cm³/mol. The molecule has 0 spiro atoms. The summed E-state index contributed by atoms with van der Waals surface area (Å²) in [6.45, 7) is 6.03. The average Bonchev–Trinajstić information content (AvgIpc) is 3.12. The molecule has 2 fully saturated rings. The maximum absolute atomic E-state index is 10.8. The van der Waals surface area contributed by atoms with Gasteiger partial charge in [-0.2, -0.15) is 0 Å². The van der Waals surface area contributed by atoms with Crippen LogP contribution in [0.3, 0.4) is 0 Å². The van der Waals surface area contributed by atoms with Gasteiger partial charge >= 0.3 is 0 Å². The van der Waals surface area contributed by atoms with E-state index in [0.717, 1.165) is 50.4 Å². The van der Waals surface area contributed by atoms with Crippen LogP contribution in [0.5, 0.6) is 11.5 Å². The van der Waals surface area contributed by atoms with Gasteiger partial charge in [0.2, 0.25) is 0 Å². The number of aliphatic hydroxyl groups excluding tert-OH is 1. The number of anilines is 1. The molecular formula is C23H31N3O3. The highest BCUT2D eigenvalue weighted by Gasteiger charge is 2.43. The highest BCUT2D eigenvalue weighted by atomic mass is 16.5. The van der Waals surface area contributed by atoms with Crippen LogP contribution in [0.25, 0.3) is 0 Å². The first kappa shape index (κ1) is 20.0. The number of hydrogen-bond acceptors (Lipinski definition) is 6. The monoisotopic (exact) mass is 397 g/mol. The number of nitrogens with zero attached hydrogens (tertiary/aromatic N) is 3. The van der Waals surface area contributed by atoms with Crippen LogP contribution >= 0.6 is 0 Å². The normalized spacial score (nSPS) is 26.3. The second-order valence-electron chi connectivity index (χ2n) is 8.29. The summed E-state index contributed by atoms with van der Waals surface area (Å²) < 4.78 is 11.6. The summed E-state index contributed by atoms with van der Waals surface area (Å²) in [5, 5.41) is 10.8. The molecule has 6 nitrogen and oxygen atoms in total. The quantitative estimate of drug-likeness (QED) is 0.806. The fourth-order valence-electron chi connectivity index (χ4n) is 4.77. The summed E-state index contributed by atoms with van der Waals surface area (Å²) in [5.74, 6) is 4.24. The number of rotatable bonds is 6. The third-order valence-corrected chi connectivity index (χ3v) is 6.21. The zero-order valence-corrected chi connectivity index (χ0v) is 17.5. The van der Waals surface area contributed by atoms with E-state index in [2.05, 4.69) is 16.8 Å². The van der Waals surface area contributed by atoms with Gasteiger partial charge in [-0.05, 0) is 50.2 Å². The number of hydrogen-bond donors (Lipinski definition) is 1. The molecule has 4 rings (SSSR count). The zero-order chi connectivity index (χ0) is 20.4. The van der Waals surface area contributed by atoms with Crippen LogP contribution in [-0.4, -0.2) is 47.5 Å². The zero-order valence-electron chi connectivity index (χ0n) is 17.5. The van der Waals surface area contributed by atoms with Crippen LogP contribution < -0.4 is 14.4 Å². The van der Waals surface area contributed by atoms with E-state index in [1.165, 1.54) is 5.56 Å². The molecule has 1 aliphatic carbocycles. The molecule has 1 saturated carbocycles. The average molecular weight is 398 g/mol. The van der Waals surface area contributed by atoms with Crippen LogP contribution in [0.15, 0.2) is 30.5 Å². The molecule has 1 saturated heterocycles. The lowest BCUT2D eigenvalue weighted by Gasteiger charge is -2.35. The van der Waals surface area contributed by atoms with Crippen molar-refractivity contribution in [3.63, 3.8) is 0 Å². The minimum atomic E-state index is -0.469. The van der Waals surface area contributed by atoms with E-state index < -0.39 is 6.10 Å². The van der Waals surface area contributed by atoms with Crippen molar-refractivity contribution in [1.29, 1.82) is 0 Å². The topological polar surface area (TPSA) is 67.7 Å². The van der Waals surface area contributed by atoms with Crippen LogP contribution in [0.4, 0.5) is 5.82 Å². The van der Waals surface area contributed by atoms with Crippen LogP contribution in [0.1, 0.15) is 37.6 Å². The highest BCUT2D eigenvalue weighted by Crippen LogP contribution is 2.41. The van der Waals surface area contributed by atoms with Gasteiger partial charge in [0, 0.05) is 24.8 Å². The second kappa shape index (κ2) is 8.57. The Morgan fingerprint density at radius 2 is 1.86 bits per heavy atom. The van der Waals surface area contributed by atoms with Crippen molar-refractivity contribution >= 4 is 5.82 Å². The Balaban J connectivity index is 1.49. The van der Waals surface area contributed by atoms with Crippen molar-refractivity contribution in [2.45, 2.75) is 51.7 Å². The lowest BCUT2D eigenvalue weighted by Crippen LogP contribution is -2.42. The van der Waals surface area contributed by atoms with Crippen LogP contribution in [0, 0.1) is 18.8 Å². The number of ether oxygens (including phenoxy) is 2.